The Hall–Kier alpha value is -4.21. The first-order valence-electron chi connectivity index (χ1n) is 10.6. The molecular weight excluding hydrogens is 426 g/mol. The van der Waals surface area contributed by atoms with E-state index in [4.69, 9.17) is 4.74 Å². The van der Waals surface area contributed by atoms with Crippen LogP contribution in [-0.4, -0.2) is 50.9 Å². The summed E-state index contributed by atoms with van der Waals surface area (Å²) in [5.74, 6) is -2.31. The second-order valence-corrected chi connectivity index (χ2v) is 8.08. The molecule has 2 aliphatic rings. The average molecular weight is 447 g/mol. The molecule has 5 rings (SSSR count). The number of carbonyl (C=O) groups is 3. The van der Waals surface area contributed by atoms with Gasteiger partial charge in [-0.3, -0.25) is 15.2 Å². The van der Waals surface area contributed by atoms with Crippen molar-refractivity contribution < 1.29 is 24.2 Å². The van der Waals surface area contributed by atoms with Gasteiger partial charge in [-0.05, 0) is 41.0 Å². The quantitative estimate of drug-likeness (QED) is 0.435. The molecule has 1 saturated carbocycles. The largest absolute Gasteiger partial charge is 0.480 e. The number of aliphatic carboxylic acids is 1. The minimum Gasteiger partial charge on any atom is -0.480 e. The van der Waals surface area contributed by atoms with Crippen LogP contribution in [0.3, 0.4) is 0 Å². The van der Waals surface area contributed by atoms with Crippen molar-refractivity contribution in [1.82, 2.24) is 20.5 Å². The van der Waals surface area contributed by atoms with Crippen molar-refractivity contribution in [3.8, 4) is 11.1 Å². The molecular formula is C23H21N5O5. The van der Waals surface area contributed by atoms with E-state index in [9.17, 15) is 19.5 Å². The normalized spacial score (nSPS) is 15.3. The molecule has 2 amide bonds. The molecule has 2 aliphatic carbocycles. The van der Waals surface area contributed by atoms with E-state index in [1.165, 1.54) is 0 Å². The number of nitrogens with one attached hydrogen (secondary N) is 3. The minimum atomic E-state index is -1.10. The summed E-state index contributed by atoms with van der Waals surface area (Å²) in [6, 6.07) is 15.0. The SMILES string of the molecule is O=C(Nc1n[nH]c(C(=O)NC(C(=O)O)C2CC2)n1)OCC1c2ccccc2-c2ccccc21. The molecule has 0 saturated heterocycles. The zero-order chi connectivity index (χ0) is 22.9. The first-order valence-corrected chi connectivity index (χ1v) is 10.6. The molecule has 1 aromatic heterocycles. The number of hydrogen-bond donors (Lipinski definition) is 4. The molecule has 4 N–H and O–H groups in total. The Balaban J connectivity index is 1.20. The summed E-state index contributed by atoms with van der Waals surface area (Å²) < 4.78 is 5.43. The molecule has 1 fully saturated rings. The van der Waals surface area contributed by atoms with E-state index >= 15 is 0 Å². The number of rotatable bonds is 7. The van der Waals surface area contributed by atoms with Crippen LogP contribution in [0.4, 0.5) is 10.7 Å². The number of fused-ring (bicyclic) bond motifs is 3. The number of aromatic amines is 1. The van der Waals surface area contributed by atoms with Gasteiger partial charge in [0.25, 0.3) is 11.9 Å². The highest BCUT2D eigenvalue weighted by Crippen LogP contribution is 2.44. The highest BCUT2D eigenvalue weighted by molar-refractivity contribution is 5.94. The summed E-state index contributed by atoms with van der Waals surface area (Å²) in [6.07, 6.45) is 0.744. The van der Waals surface area contributed by atoms with Gasteiger partial charge >= 0.3 is 12.1 Å². The van der Waals surface area contributed by atoms with Crippen LogP contribution in [-0.2, 0) is 9.53 Å². The summed E-state index contributed by atoms with van der Waals surface area (Å²) >= 11 is 0. The van der Waals surface area contributed by atoms with Gasteiger partial charge in [-0.2, -0.15) is 4.98 Å². The van der Waals surface area contributed by atoms with Gasteiger partial charge in [0.1, 0.15) is 12.6 Å². The Morgan fingerprint density at radius 1 is 1.06 bits per heavy atom. The predicted molar refractivity (Wildman–Crippen MR) is 117 cm³/mol. The van der Waals surface area contributed by atoms with Crippen LogP contribution in [0.25, 0.3) is 11.1 Å². The molecule has 0 radical (unpaired) electrons. The summed E-state index contributed by atoms with van der Waals surface area (Å²) in [5.41, 5.74) is 4.43. The highest BCUT2D eigenvalue weighted by atomic mass is 16.5. The van der Waals surface area contributed by atoms with E-state index in [1.807, 2.05) is 48.5 Å². The van der Waals surface area contributed by atoms with Crippen LogP contribution in [0.15, 0.2) is 48.5 Å². The van der Waals surface area contributed by atoms with Crippen LogP contribution < -0.4 is 10.6 Å². The fourth-order valence-corrected chi connectivity index (χ4v) is 4.17. The summed E-state index contributed by atoms with van der Waals surface area (Å²) in [7, 11) is 0. The second kappa shape index (κ2) is 8.38. The third-order valence-electron chi connectivity index (χ3n) is 5.90. The Morgan fingerprint density at radius 3 is 2.30 bits per heavy atom. The van der Waals surface area contributed by atoms with Gasteiger partial charge in [-0.25, -0.2) is 9.59 Å². The number of carboxylic acids is 1. The lowest BCUT2D eigenvalue weighted by Crippen LogP contribution is -2.42. The Kier molecular flexibility index (Phi) is 5.25. The maximum absolute atomic E-state index is 12.3. The molecule has 33 heavy (non-hydrogen) atoms. The number of carboxylic acid groups (broad SMARTS) is 1. The maximum Gasteiger partial charge on any atom is 0.414 e. The van der Waals surface area contributed by atoms with Gasteiger partial charge in [0, 0.05) is 5.92 Å². The first kappa shape index (κ1) is 20.7. The molecule has 10 heteroatoms. The second-order valence-electron chi connectivity index (χ2n) is 8.08. The van der Waals surface area contributed by atoms with Crippen molar-refractivity contribution in [2.24, 2.45) is 5.92 Å². The number of anilines is 1. The standard InChI is InChI=1S/C23H21N5O5/c29-20(24-18(21(30)31)12-9-10-12)19-25-22(28-27-19)26-23(32)33-11-17-15-7-3-1-5-13(15)14-6-2-4-8-16(14)17/h1-8,12,17-18H,9-11H2,(H,24,29)(H,30,31)(H2,25,26,27,28,32). The molecule has 0 spiro atoms. The van der Waals surface area contributed by atoms with Gasteiger partial charge in [-0.1, -0.05) is 48.5 Å². The third-order valence-corrected chi connectivity index (χ3v) is 5.90. The van der Waals surface area contributed by atoms with Gasteiger partial charge in [0.05, 0.1) is 0 Å². The molecule has 1 unspecified atom stereocenters. The number of aromatic nitrogens is 3. The molecule has 1 atom stereocenters. The van der Waals surface area contributed by atoms with Crippen molar-refractivity contribution in [3.05, 3.63) is 65.5 Å². The van der Waals surface area contributed by atoms with E-state index in [0.29, 0.717) is 0 Å². The fourth-order valence-electron chi connectivity index (χ4n) is 4.17. The minimum absolute atomic E-state index is 0.0761. The number of hydrogen-bond acceptors (Lipinski definition) is 6. The number of H-pyrrole nitrogens is 1. The lowest BCUT2D eigenvalue weighted by molar-refractivity contribution is -0.139. The molecule has 10 nitrogen and oxygen atoms in total. The van der Waals surface area contributed by atoms with Gasteiger partial charge < -0.3 is 15.2 Å². The van der Waals surface area contributed by atoms with Crippen molar-refractivity contribution in [2.45, 2.75) is 24.8 Å². The van der Waals surface area contributed by atoms with Crippen molar-refractivity contribution >= 4 is 23.9 Å². The van der Waals surface area contributed by atoms with Gasteiger partial charge in [-0.15, -0.1) is 5.10 Å². The van der Waals surface area contributed by atoms with Crippen molar-refractivity contribution in [2.75, 3.05) is 11.9 Å². The number of nitrogens with zero attached hydrogens (tertiary/aromatic N) is 2. The lowest BCUT2D eigenvalue weighted by Gasteiger charge is -2.14. The van der Waals surface area contributed by atoms with Gasteiger partial charge in [0.15, 0.2) is 0 Å². The van der Waals surface area contributed by atoms with Crippen LogP contribution >= 0.6 is 0 Å². The maximum atomic E-state index is 12.3. The Morgan fingerprint density at radius 2 is 1.70 bits per heavy atom. The number of ether oxygens (including phenoxy) is 1. The zero-order valence-electron chi connectivity index (χ0n) is 17.4. The Labute approximate surface area is 188 Å². The lowest BCUT2D eigenvalue weighted by atomic mass is 9.98. The van der Waals surface area contributed by atoms with Gasteiger partial charge in [0.2, 0.25) is 5.82 Å². The predicted octanol–water partition coefficient (Wildman–Crippen LogP) is 2.76. The van der Waals surface area contributed by atoms with Crippen molar-refractivity contribution in [1.29, 1.82) is 0 Å². The summed E-state index contributed by atoms with van der Waals surface area (Å²) in [6.45, 7) is 0.124. The molecule has 2 aromatic carbocycles. The Bertz CT molecular complexity index is 1190. The zero-order valence-corrected chi connectivity index (χ0v) is 17.4. The van der Waals surface area contributed by atoms with E-state index < -0.39 is 24.0 Å². The average Bonchev–Trinajstić information content (AvgIpc) is 3.46. The summed E-state index contributed by atoms with van der Waals surface area (Å²) in [5, 5.41) is 20.2. The summed E-state index contributed by atoms with van der Waals surface area (Å²) in [4.78, 5) is 39.8. The molecule has 0 aliphatic heterocycles. The van der Waals surface area contributed by atoms with Crippen LogP contribution in [0.2, 0.25) is 0 Å². The number of benzene rings is 2. The third kappa shape index (κ3) is 4.14. The highest BCUT2D eigenvalue weighted by Gasteiger charge is 2.38. The van der Waals surface area contributed by atoms with Crippen molar-refractivity contribution in [3.63, 3.8) is 0 Å². The van der Waals surface area contributed by atoms with E-state index in [1.54, 1.807) is 0 Å². The monoisotopic (exact) mass is 447 g/mol. The number of carbonyl (C=O) groups excluding carboxylic acids is 2. The van der Waals surface area contributed by atoms with E-state index in [2.05, 4.69) is 25.8 Å². The topological polar surface area (TPSA) is 146 Å². The van der Waals surface area contributed by atoms with Crippen LogP contribution in [0, 0.1) is 5.92 Å². The molecule has 3 aromatic rings. The smallest absolute Gasteiger partial charge is 0.414 e. The first-order chi connectivity index (χ1) is 16.0. The number of amides is 2. The molecule has 168 valence electrons. The molecule has 1 heterocycles. The van der Waals surface area contributed by atoms with E-state index in [-0.39, 0.29) is 30.2 Å². The van der Waals surface area contributed by atoms with Crippen LogP contribution in [0.1, 0.15) is 40.5 Å². The fraction of sp³-hybridized carbons (Fsp3) is 0.261. The van der Waals surface area contributed by atoms with Crippen LogP contribution in [0.5, 0.6) is 0 Å². The molecule has 0 bridgehead atoms. The van der Waals surface area contributed by atoms with E-state index in [0.717, 1.165) is 35.1 Å².